The highest BCUT2D eigenvalue weighted by molar-refractivity contribution is 6.04. The van der Waals surface area contributed by atoms with Crippen molar-refractivity contribution >= 4 is 28.9 Å². The second kappa shape index (κ2) is 8.79. The molecule has 0 fully saturated rings. The summed E-state index contributed by atoms with van der Waals surface area (Å²) in [5.74, 6) is -0.715. The van der Waals surface area contributed by atoms with Crippen molar-refractivity contribution in [1.82, 2.24) is 0 Å². The molecule has 0 aromatic heterocycles. The Bertz CT molecular complexity index is 1010. The van der Waals surface area contributed by atoms with Gasteiger partial charge in [-0.25, -0.2) is 0 Å². The van der Waals surface area contributed by atoms with Gasteiger partial charge in [0, 0.05) is 30.4 Å². The molecular weight excluding hydrogens is 370 g/mol. The number of nitro groups is 1. The molecule has 3 aromatic carbocycles. The summed E-state index contributed by atoms with van der Waals surface area (Å²) >= 11 is 0. The van der Waals surface area contributed by atoms with Gasteiger partial charge in [0.2, 0.25) is 5.91 Å². The largest absolute Gasteiger partial charge is 0.324 e. The molecule has 0 bridgehead atoms. The number of hydrogen-bond donors (Lipinski definition) is 1. The minimum Gasteiger partial charge on any atom is -0.324 e. The highest BCUT2D eigenvalue weighted by atomic mass is 16.6. The van der Waals surface area contributed by atoms with Crippen LogP contribution < -0.4 is 10.2 Å². The lowest BCUT2D eigenvalue weighted by atomic mass is 10.0. The average Bonchev–Trinajstić information content (AvgIpc) is 2.73. The Morgan fingerprint density at radius 2 is 1.45 bits per heavy atom. The van der Waals surface area contributed by atoms with Gasteiger partial charge in [0.25, 0.3) is 11.6 Å². The standard InChI is InChI=1S/C22H19N3O4/c1-16(26)24(19-10-6-3-7-11-19)21(17-8-4-2-5-9-17)22(27)23-18-12-14-20(15-13-18)25(28)29/h2-15,21H,1H3,(H,23,27). The van der Waals surface area contributed by atoms with Crippen LogP contribution in [0.2, 0.25) is 0 Å². The van der Waals surface area contributed by atoms with Gasteiger partial charge in [-0.2, -0.15) is 0 Å². The molecule has 2 amide bonds. The number of nitro benzene ring substituents is 1. The molecule has 146 valence electrons. The summed E-state index contributed by atoms with van der Waals surface area (Å²) in [6.45, 7) is 1.40. The van der Waals surface area contributed by atoms with Crippen molar-refractivity contribution in [3.05, 3.63) is 101 Å². The molecule has 0 aliphatic rings. The number of nitrogens with one attached hydrogen (secondary N) is 1. The topological polar surface area (TPSA) is 92.6 Å². The molecule has 0 spiro atoms. The van der Waals surface area contributed by atoms with Gasteiger partial charge in [0.15, 0.2) is 0 Å². The van der Waals surface area contributed by atoms with Crippen molar-refractivity contribution in [2.75, 3.05) is 10.2 Å². The Morgan fingerprint density at radius 1 is 0.897 bits per heavy atom. The number of carbonyl (C=O) groups is 2. The number of hydrogen-bond acceptors (Lipinski definition) is 4. The fourth-order valence-corrected chi connectivity index (χ4v) is 3.03. The average molecular weight is 389 g/mol. The minimum atomic E-state index is -0.911. The van der Waals surface area contributed by atoms with Gasteiger partial charge in [0.1, 0.15) is 6.04 Å². The van der Waals surface area contributed by atoms with Crippen molar-refractivity contribution in [3.63, 3.8) is 0 Å². The molecule has 3 aromatic rings. The number of carbonyl (C=O) groups excluding carboxylic acids is 2. The first-order valence-electron chi connectivity index (χ1n) is 8.92. The van der Waals surface area contributed by atoms with E-state index in [0.717, 1.165) is 0 Å². The molecule has 0 saturated heterocycles. The minimum absolute atomic E-state index is 0.0720. The number of anilines is 2. The second-order valence-corrected chi connectivity index (χ2v) is 6.33. The molecule has 0 saturated carbocycles. The Kier molecular flexibility index (Phi) is 5.99. The quantitative estimate of drug-likeness (QED) is 0.502. The highest BCUT2D eigenvalue weighted by Crippen LogP contribution is 2.29. The summed E-state index contributed by atoms with van der Waals surface area (Å²) in [6.07, 6.45) is 0. The number of rotatable bonds is 6. The number of non-ortho nitro benzene ring substituents is 1. The van der Waals surface area contributed by atoms with Gasteiger partial charge in [0.05, 0.1) is 4.92 Å². The first kappa shape index (κ1) is 19.8. The van der Waals surface area contributed by atoms with Crippen molar-refractivity contribution in [2.24, 2.45) is 0 Å². The maximum Gasteiger partial charge on any atom is 0.269 e. The van der Waals surface area contributed by atoms with E-state index in [1.807, 2.05) is 12.1 Å². The number of nitrogens with zero attached hydrogens (tertiary/aromatic N) is 2. The third kappa shape index (κ3) is 4.65. The second-order valence-electron chi connectivity index (χ2n) is 6.33. The zero-order valence-electron chi connectivity index (χ0n) is 15.7. The van der Waals surface area contributed by atoms with Crippen LogP contribution in [-0.4, -0.2) is 16.7 Å². The molecule has 7 nitrogen and oxygen atoms in total. The van der Waals surface area contributed by atoms with Crippen molar-refractivity contribution in [3.8, 4) is 0 Å². The van der Waals surface area contributed by atoms with E-state index in [9.17, 15) is 19.7 Å². The zero-order valence-corrected chi connectivity index (χ0v) is 15.7. The SMILES string of the molecule is CC(=O)N(c1ccccc1)C(C(=O)Nc1ccc([N+](=O)[O-])cc1)c1ccccc1. The zero-order chi connectivity index (χ0) is 20.8. The van der Waals surface area contributed by atoms with Crippen LogP contribution in [0.25, 0.3) is 0 Å². The summed E-state index contributed by atoms with van der Waals surface area (Å²) < 4.78 is 0. The summed E-state index contributed by atoms with van der Waals surface area (Å²) in [6, 6.07) is 22.5. The summed E-state index contributed by atoms with van der Waals surface area (Å²) in [4.78, 5) is 37.5. The monoisotopic (exact) mass is 389 g/mol. The smallest absolute Gasteiger partial charge is 0.269 e. The lowest BCUT2D eigenvalue weighted by Crippen LogP contribution is -2.40. The maximum atomic E-state index is 13.2. The first-order chi connectivity index (χ1) is 14.0. The van der Waals surface area contributed by atoms with Gasteiger partial charge in [-0.05, 0) is 29.8 Å². The summed E-state index contributed by atoms with van der Waals surface area (Å²) in [5, 5.41) is 13.6. The molecule has 0 aliphatic heterocycles. The molecular formula is C22H19N3O4. The van der Waals surface area contributed by atoms with Gasteiger partial charge in [-0.1, -0.05) is 48.5 Å². The molecule has 1 unspecified atom stereocenters. The van der Waals surface area contributed by atoms with Crippen LogP contribution in [0.5, 0.6) is 0 Å². The van der Waals surface area contributed by atoms with E-state index in [2.05, 4.69) is 5.32 Å². The predicted molar refractivity (Wildman–Crippen MR) is 111 cm³/mol. The molecule has 3 rings (SSSR count). The van der Waals surface area contributed by atoms with E-state index in [0.29, 0.717) is 16.9 Å². The lowest BCUT2D eigenvalue weighted by Gasteiger charge is -2.30. The van der Waals surface area contributed by atoms with Gasteiger partial charge >= 0.3 is 0 Å². The molecule has 1 N–H and O–H groups in total. The predicted octanol–water partition coefficient (Wildman–Crippen LogP) is 4.33. The number of benzene rings is 3. The molecule has 7 heteroatoms. The molecule has 1 atom stereocenters. The lowest BCUT2D eigenvalue weighted by molar-refractivity contribution is -0.384. The third-order valence-electron chi connectivity index (χ3n) is 4.34. The Hall–Kier alpha value is -4.00. The number of amides is 2. The van der Waals surface area contributed by atoms with Crippen molar-refractivity contribution in [2.45, 2.75) is 13.0 Å². The number of para-hydroxylation sites is 1. The fourth-order valence-electron chi connectivity index (χ4n) is 3.03. The van der Waals surface area contributed by atoms with Crippen LogP contribution in [0.15, 0.2) is 84.9 Å². The van der Waals surface area contributed by atoms with Gasteiger partial charge in [-0.15, -0.1) is 0 Å². The van der Waals surface area contributed by atoms with E-state index in [1.54, 1.807) is 48.5 Å². The maximum absolute atomic E-state index is 13.2. The van der Waals surface area contributed by atoms with E-state index in [-0.39, 0.29) is 11.6 Å². The Labute approximate surface area is 167 Å². The molecule has 29 heavy (non-hydrogen) atoms. The van der Waals surface area contributed by atoms with Crippen LogP contribution in [0.4, 0.5) is 17.1 Å². The van der Waals surface area contributed by atoms with Crippen LogP contribution in [0.1, 0.15) is 18.5 Å². The first-order valence-corrected chi connectivity index (χ1v) is 8.92. The van der Waals surface area contributed by atoms with Gasteiger partial charge in [-0.3, -0.25) is 24.6 Å². The van der Waals surface area contributed by atoms with Crippen LogP contribution >= 0.6 is 0 Å². The van der Waals surface area contributed by atoms with E-state index < -0.39 is 16.9 Å². The summed E-state index contributed by atoms with van der Waals surface area (Å²) in [7, 11) is 0. The van der Waals surface area contributed by atoms with E-state index in [4.69, 9.17) is 0 Å². The van der Waals surface area contributed by atoms with Crippen molar-refractivity contribution < 1.29 is 14.5 Å². The summed E-state index contributed by atoms with van der Waals surface area (Å²) in [5.41, 5.74) is 1.56. The molecule has 0 heterocycles. The highest BCUT2D eigenvalue weighted by Gasteiger charge is 2.31. The van der Waals surface area contributed by atoms with E-state index in [1.165, 1.54) is 36.1 Å². The van der Waals surface area contributed by atoms with Crippen LogP contribution in [0, 0.1) is 10.1 Å². The Balaban J connectivity index is 1.98. The van der Waals surface area contributed by atoms with Crippen LogP contribution in [0.3, 0.4) is 0 Å². The Morgan fingerprint density at radius 3 is 1.97 bits per heavy atom. The molecule has 0 radical (unpaired) electrons. The normalized spacial score (nSPS) is 11.3. The van der Waals surface area contributed by atoms with E-state index >= 15 is 0 Å². The third-order valence-corrected chi connectivity index (χ3v) is 4.34. The van der Waals surface area contributed by atoms with Crippen molar-refractivity contribution in [1.29, 1.82) is 0 Å². The fraction of sp³-hybridized carbons (Fsp3) is 0.0909. The molecule has 0 aliphatic carbocycles. The van der Waals surface area contributed by atoms with Gasteiger partial charge < -0.3 is 5.32 Å². The van der Waals surface area contributed by atoms with Crippen LogP contribution in [-0.2, 0) is 9.59 Å².